The molecule has 0 fully saturated rings. The van der Waals surface area contributed by atoms with Crippen molar-refractivity contribution >= 4 is 42.6 Å². The Hall–Kier alpha value is -1.19. The molecule has 21 heavy (non-hydrogen) atoms. The number of aryl methyl sites for hydroxylation is 1. The van der Waals surface area contributed by atoms with Gasteiger partial charge in [-0.1, -0.05) is 62.2 Å². The second kappa shape index (κ2) is 6.29. The van der Waals surface area contributed by atoms with E-state index in [-0.39, 0.29) is 4.83 Å². The van der Waals surface area contributed by atoms with Crippen LogP contribution in [0.4, 0.5) is 0 Å². The second-order valence-electron chi connectivity index (χ2n) is 5.25. The molecule has 0 aliphatic heterocycles. The molecule has 2 aromatic carbocycles. The summed E-state index contributed by atoms with van der Waals surface area (Å²) in [5, 5.41) is 2.51. The van der Waals surface area contributed by atoms with Crippen LogP contribution < -0.4 is 0 Å². The average Bonchev–Trinajstić information content (AvgIpc) is 2.49. The quantitative estimate of drug-likeness (QED) is 0.489. The number of halogens is 2. The van der Waals surface area contributed by atoms with Gasteiger partial charge in [-0.25, -0.2) is 0 Å². The first-order valence-electron chi connectivity index (χ1n) is 6.86. The Balaban J connectivity index is 1.85. The highest BCUT2D eigenvalue weighted by atomic mass is 79.9. The van der Waals surface area contributed by atoms with Gasteiger partial charge in [0.15, 0.2) is 0 Å². The van der Waals surface area contributed by atoms with E-state index >= 15 is 0 Å². The van der Waals surface area contributed by atoms with Crippen molar-refractivity contribution in [1.82, 2.24) is 4.98 Å². The zero-order valence-corrected chi connectivity index (χ0v) is 14.9. The van der Waals surface area contributed by atoms with Crippen molar-refractivity contribution in [1.29, 1.82) is 0 Å². The summed E-state index contributed by atoms with van der Waals surface area (Å²) in [6.07, 6.45) is 2.81. The maximum absolute atomic E-state index is 4.48. The fraction of sp³-hybridized carbons (Fsp3) is 0.167. The molecule has 0 amide bonds. The monoisotopic (exact) mass is 403 g/mol. The Bertz CT molecular complexity index is 766. The lowest BCUT2D eigenvalue weighted by atomic mass is 10.0. The Labute approximate surface area is 141 Å². The molecule has 0 spiro atoms. The van der Waals surface area contributed by atoms with Crippen LogP contribution in [0.1, 0.15) is 21.6 Å². The first-order valence-corrected chi connectivity index (χ1v) is 8.57. The fourth-order valence-electron chi connectivity index (χ4n) is 2.35. The van der Waals surface area contributed by atoms with Gasteiger partial charge in [-0.05, 0) is 47.0 Å². The summed E-state index contributed by atoms with van der Waals surface area (Å²) in [5.41, 5.74) is 3.59. The van der Waals surface area contributed by atoms with Gasteiger partial charge >= 0.3 is 0 Å². The number of pyridine rings is 1. The molecule has 0 bridgehead atoms. The minimum absolute atomic E-state index is 0.278. The van der Waals surface area contributed by atoms with Crippen molar-refractivity contribution < 1.29 is 0 Å². The molecule has 0 radical (unpaired) electrons. The summed E-state index contributed by atoms with van der Waals surface area (Å²) in [6.45, 7) is 2.06. The van der Waals surface area contributed by atoms with Crippen LogP contribution in [0.5, 0.6) is 0 Å². The maximum atomic E-state index is 4.48. The summed E-state index contributed by atoms with van der Waals surface area (Å²) in [7, 11) is 0. The number of benzene rings is 2. The van der Waals surface area contributed by atoms with Gasteiger partial charge in [-0.15, -0.1) is 0 Å². The van der Waals surface area contributed by atoms with Gasteiger partial charge in [0.05, 0.1) is 0 Å². The molecule has 1 nitrogen and oxygen atoms in total. The molecule has 0 saturated heterocycles. The first-order chi connectivity index (χ1) is 10.1. The van der Waals surface area contributed by atoms with E-state index in [1.54, 1.807) is 0 Å². The van der Waals surface area contributed by atoms with Crippen molar-refractivity contribution in [2.24, 2.45) is 0 Å². The summed E-state index contributed by atoms with van der Waals surface area (Å²) in [6, 6.07) is 17.2. The smallest absolute Gasteiger partial charge is 0.0450 e. The molecule has 0 aliphatic rings. The van der Waals surface area contributed by atoms with E-state index in [1.165, 1.54) is 21.9 Å². The molecular formula is C18H15Br2N. The summed E-state index contributed by atoms with van der Waals surface area (Å²) in [5.74, 6) is 0. The van der Waals surface area contributed by atoms with E-state index in [2.05, 4.69) is 92.3 Å². The molecule has 0 N–H and O–H groups in total. The minimum atomic E-state index is 0.278. The van der Waals surface area contributed by atoms with Gasteiger partial charge in [-0.3, -0.25) is 4.98 Å². The van der Waals surface area contributed by atoms with Crippen LogP contribution in [0, 0.1) is 6.92 Å². The predicted molar refractivity (Wildman–Crippen MR) is 96.0 cm³/mol. The zero-order chi connectivity index (χ0) is 14.8. The van der Waals surface area contributed by atoms with E-state index in [1.807, 2.05) is 6.20 Å². The van der Waals surface area contributed by atoms with Crippen LogP contribution in [0.25, 0.3) is 10.8 Å². The van der Waals surface area contributed by atoms with Gasteiger partial charge in [0.25, 0.3) is 0 Å². The van der Waals surface area contributed by atoms with Crippen LogP contribution in [0.2, 0.25) is 0 Å². The fourth-order valence-corrected chi connectivity index (χ4v) is 3.35. The predicted octanol–water partition coefficient (Wildman–Crippen LogP) is 5.98. The molecule has 1 atom stereocenters. The number of alkyl halides is 1. The van der Waals surface area contributed by atoms with Crippen LogP contribution >= 0.6 is 31.9 Å². The lowest BCUT2D eigenvalue weighted by molar-refractivity contribution is 0.903. The molecular weight excluding hydrogens is 390 g/mol. The minimum Gasteiger partial charge on any atom is -0.261 e. The normalized spacial score (nSPS) is 12.5. The summed E-state index contributed by atoms with van der Waals surface area (Å²) in [4.78, 5) is 4.76. The Morgan fingerprint density at radius 1 is 1.00 bits per heavy atom. The largest absolute Gasteiger partial charge is 0.261 e. The number of aromatic nitrogens is 1. The zero-order valence-electron chi connectivity index (χ0n) is 11.7. The van der Waals surface area contributed by atoms with E-state index in [0.29, 0.717) is 0 Å². The van der Waals surface area contributed by atoms with E-state index in [4.69, 9.17) is 0 Å². The third-order valence-corrected chi connectivity index (χ3v) is 4.89. The highest BCUT2D eigenvalue weighted by Crippen LogP contribution is 2.30. The lowest BCUT2D eigenvalue weighted by Gasteiger charge is -2.11. The molecule has 3 heteroatoms. The molecule has 0 aliphatic carbocycles. The van der Waals surface area contributed by atoms with Gasteiger partial charge in [0.2, 0.25) is 0 Å². The molecule has 1 aromatic heterocycles. The topological polar surface area (TPSA) is 12.9 Å². The van der Waals surface area contributed by atoms with E-state index in [0.717, 1.165) is 16.6 Å². The van der Waals surface area contributed by atoms with E-state index in [9.17, 15) is 0 Å². The van der Waals surface area contributed by atoms with Crippen molar-refractivity contribution in [3.8, 4) is 0 Å². The van der Waals surface area contributed by atoms with Gasteiger partial charge < -0.3 is 0 Å². The van der Waals surface area contributed by atoms with Gasteiger partial charge in [0.1, 0.15) is 0 Å². The molecule has 106 valence electrons. The molecule has 1 heterocycles. The van der Waals surface area contributed by atoms with Crippen LogP contribution in [0.15, 0.2) is 59.2 Å². The third kappa shape index (κ3) is 3.53. The van der Waals surface area contributed by atoms with Crippen molar-refractivity contribution in [3.05, 3.63) is 76.0 Å². The van der Waals surface area contributed by atoms with Gasteiger partial charge in [0, 0.05) is 27.6 Å². The van der Waals surface area contributed by atoms with Crippen molar-refractivity contribution in [3.63, 3.8) is 0 Å². The van der Waals surface area contributed by atoms with Crippen molar-refractivity contribution in [2.75, 3.05) is 0 Å². The number of hydrogen-bond donors (Lipinski definition) is 0. The highest BCUT2D eigenvalue weighted by Gasteiger charge is 2.10. The lowest BCUT2D eigenvalue weighted by Crippen LogP contribution is -1.98. The number of rotatable bonds is 3. The standard InChI is InChI=1S/C18H15Br2N/c1-12-2-7-17(21-11-12)10-18(20)15-4-3-14-9-16(19)6-5-13(14)8-15/h2-9,11,18H,10H2,1H3. The van der Waals surface area contributed by atoms with Crippen LogP contribution in [0.3, 0.4) is 0 Å². The summed E-state index contributed by atoms with van der Waals surface area (Å²) < 4.78 is 1.11. The SMILES string of the molecule is Cc1ccc(CC(Br)c2ccc3cc(Br)ccc3c2)nc1. The number of fused-ring (bicyclic) bond motifs is 1. The number of nitrogens with zero attached hydrogens (tertiary/aromatic N) is 1. The van der Waals surface area contributed by atoms with Crippen LogP contribution in [-0.4, -0.2) is 4.98 Å². The number of hydrogen-bond acceptors (Lipinski definition) is 1. The Morgan fingerprint density at radius 3 is 2.52 bits per heavy atom. The molecule has 3 aromatic rings. The van der Waals surface area contributed by atoms with Crippen molar-refractivity contribution in [2.45, 2.75) is 18.2 Å². The molecule has 0 saturated carbocycles. The molecule has 3 rings (SSSR count). The first kappa shape index (κ1) is 14.7. The average molecular weight is 405 g/mol. The Kier molecular flexibility index (Phi) is 4.41. The third-order valence-electron chi connectivity index (χ3n) is 3.55. The maximum Gasteiger partial charge on any atom is 0.0450 e. The van der Waals surface area contributed by atoms with Crippen LogP contribution in [-0.2, 0) is 6.42 Å². The molecule has 1 unspecified atom stereocenters. The van der Waals surface area contributed by atoms with Gasteiger partial charge in [-0.2, -0.15) is 0 Å². The van der Waals surface area contributed by atoms with E-state index < -0.39 is 0 Å². The highest BCUT2D eigenvalue weighted by molar-refractivity contribution is 9.10. The summed E-state index contributed by atoms with van der Waals surface area (Å²) >= 11 is 7.30. The Morgan fingerprint density at radius 2 is 1.76 bits per heavy atom. The second-order valence-corrected chi connectivity index (χ2v) is 7.27.